The molecule has 0 aromatic heterocycles. The van der Waals surface area contributed by atoms with Gasteiger partial charge in [-0.2, -0.15) is 0 Å². The van der Waals surface area contributed by atoms with Gasteiger partial charge in [-0.25, -0.2) is 0 Å². The minimum Gasteiger partial charge on any atom is -0.379 e. The monoisotopic (exact) mass is 287 g/mol. The highest BCUT2D eigenvalue weighted by atomic mass is 16.5. The van der Waals surface area contributed by atoms with Crippen molar-refractivity contribution in [3.63, 3.8) is 0 Å². The van der Waals surface area contributed by atoms with Crippen LogP contribution in [0.5, 0.6) is 0 Å². The van der Waals surface area contributed by atoms with Gasteiger partial charge in [-0.3, -0.25) is 0 Å². The lowest BCUT2D eigenvalue weighted by Crippen LogP contribution is -2.28. The van der Waals surface area contributed by atoms with Gasteiger partial charge in [0.1, 0.15) is 0 Å². The molecule has 0 heterocycles. The van der Waals surface area contributed by atoms with Crippen molar-refractivity contribution in [2.75, 3.05) is 60.0 Å². The van der Waals surface area contributed by atoms with E-state index in [9.17, 15) is 0 Å². The fourth-order valence-electron chi connectivity index (χ4n) is 2.11. The van der Waals surface area contributed by atoms with Crippen molar-refractivity contribution in [1.82, 2.24) is 9.80 Å². The normalized spacial score (nSPS) is 11.7. The number of ether oxygens (including phenoxy) is 1. The summed E-state index contributed by atoms with van der Waals surface area (Å²) in [5.41, 5.74) is 5.49. The summed E-state index contributed by atoms with van der Waals surface area (Å²) in [6.07, 6.45) is 7.84. The van der Waals surface area contributed by atoms with Crippen LogP contribution >= 0.6 is 0 Å². The van der Waals surface area contributed by atoms with Crippen LogP contribution < -0.4 is 5.73 Å². The lowest BCUT2D eigenvalue weighted by molar-refractivity contribution is 0.0937. The standard InChI is InChI=1S/C16H37N3O/c1-4-5-6-7-8-11-18(2)13-15-20-16-14-19(3)12-9-10-17/h4-17H2,1-3H3. The summed E-state index contributed by atoms with van der Waals surface area (Å²) in [7, 11) is 4.32. The molecule has 0 radical (unpaired) electrons. The molecule has 0 fully saturated rings. The lowest BCUT2D eigenvalue weighted by atomic mass is 10.1. The molecule has 122 valence electrons. The Kier molecular flexibility index (Phi) is 15.1. The third-order valence-electron chi connectivity index (χ3n) is 3.62. The molecule has 0 amide bonds. The second-order valence-corrected chi connectivity index (χ2v) is 5.78. The Morgan fingerprint density at radius 1 is 0.750 bits per heavy atom. The van der Waals surface area contributed by atoms with E-state index in [0.29, 0.717) is 0 Å². The van der Waals surface area contributed by atoms with E-state index in [-0.39, 0.29) is 0 Å². The molecule has 0 aromatic carbocycles. The molecule has 0 rings (SSSR count). The molecule has 20 heavy (non-hydrogen) atoms. The molecule has 0 spiro atoms. The maximum Gasteiger partial charge on any atom is 0.0593 e. The third kappa shape index (κ3) is 14.3. The van der Waals surface area contributed by atoms with Crippen molar-refractivity contribution in [3.05, 3.63) is 0 Å². The topological polar surface area (TPSA) is 41.7 Å². The SMILES string of the molecule is CCCCCCCN(C)CCOCCN(C)CCCN. The van der Waals surface area contributed by atoms with Gasteiger partial charge >= 0.3 is 0 Å². The zero-order valence-electron chi connectivity index (χ0n) is 14.1. The van der Waals surface area contributed by atoms with Crippen molar-refractivity contribution in [3.8, 4) is 0 Å². The summed E-state index contributed by atoms with van der Waals surface area (Å²) in [5, 5.41) is 0. The summed E-state index contributed by atoms with van der Waals surface area (Å²) in [6.45, 7) is 9.01. The van der Waals surface area contributed by atoms with Gasteiger partial charge in [0, 0.05) is 13.1 Å². The molecular weight excluding hydrogens is 250 g/mol. The predicted octanol–water partition coefficient (Wildman–Crippen LogP) is 2.19. The van der Waals surface area contributed by atoms with Crippen molar-refractivity contribution < 1.29 is 4.74 Å². The van der Waals surface area contributed by atoms with Gasteiger partial charge in [0.25, 0.3) is 0 Å². The fraction of sp³-hybridized carbons (Fsp3) is 1.00. The number of rotatable bonds is 15. The van der Waals surface area contributed by atoms with Gasteiger partial charge in [-0.05, 0) is 46.6 Å². The molecule has 0 saturated carbocycles. The first-order valence-corrected chi connectivity index (χ1v) is 8.35. The predicted molar refractivity (Wildman–Crippen MR) is 88.2 cm³/mol. The second kappa shape index (κ2) is 15.2. The number of likely N-dealkylation sites (N-methyl/N-ethyl adjacent to an activating group) is 2. The molecule has 0 aliphatic heterocycles. The van der Waals surface area contributed by atoms with E-state index in [1.54, 1.807) is 0 Å². The number of nitrogens with zero attached hydrogens (tertiary/aromatic N) is 2. The Bertz CT molecular complexity index is 191. The zero-order valence-corrected chi connectivity index (χ0v) is 14.1. The van der Waals surface area contributed by atoms with E-state index in [4.69, 9.17) is 10.5 Å². The van der Waals surface area contributed by atoms with Crippen molar-refractivity contribution in [2.24, 2.45) is 5.73 Å². The minimum atomic E-state index is 0.772. The molecule has 0 bridgehead atoms. The van der Waals surface area contributed by atoms with Crippen LogP contribution in [-0.2, 0) is 4.74 Å². The molecule has 0 saturated heterocycles. The molecule has 4 heteroatoms. The average molecular weight is 287 g/mol. The van der Waals surface area contributed by atoms with Gasteiger partial charge in [-0.1, -0.05) is 32.6 Å². The molecule has 0 aliphatic rings. The van der Waals surface area contributed by atoms with Crippen LogP contribution in [0.15, 0.2) is 0 Å². The van der Waals surface area contributed by atoms with Crippen molar-refractivity contribution >= 4 is 0 Å². The quantitative estimate of drug-likeness (QED) is 0.469. The smallest absolute Gasteiger partial charge is 0.0593 e. The van der Waals surface area contributed by atoms with E-state index in [1.807, 2.05) is 0 Å². The van der Waals surface area contributed by atoms with Crippen LogP contribution in [0.1, 0.15) is 45.4 Å². The molecule has 0 aliphatic carbocycles. The van der Waals surface area contributed by atoms with Crippen LogP contribution in [0.25, 0.3) is 0 Å². The Hall–Kier alpha value is -0.160. The first-order valence-electron chi connectivity index (χ1n) is 8.35. The van der Waals surface area contributed by atoms with Gasteiger partial charge in [0.05, 0.1) is 13.2 Å². The Morgan fingerprint density at radius 3 is 1.85 bits per heavy atom. The van der Waals surface area contributed by atoms with E-state index >= 15 is 0 Å². The number of unbranched alkanes of at least 4 members (excludes halogenated alkanes) is 4. The highest BCUT2D eigenvalue weighted by molar-refractivity contribution is 4.54. The van der Waals surface area contributed by atoms with Gasteiger partial charge in [0.2, 0.25) is 0 Å². The third-order valence-corrected chi connectivity index (χ3v) is 3.62. The molecule has 0 aromatic rings. The lowest BCUT2D eigenvalue weighted by Gasteiger charge is -2.18. The number of hydrogen-bond donors (Lipinski definition) is 1. The Balaban J connectivity index is 3.24. The second-order valence-electron chi connectivity index (χ2n) is 5.78. The largest absolute Gasteiger partial charge is 0.379 e. The zero-order chi connectivity index (χ0) is 15.1. The highest BCUT2D eigenvalue weighted by Crippen LogP contribution is 2.02. The Morgan fingerprint density at radius 2 is 1.30 bits per heavy atom. The highest BCUT2D eigenvalue weighted by Gasteiger charge is 2.00. The molecule has 0 unspecified atom stereocenters. The van der Waals surface area contributed by atoms with Crippen molar-refractivity contribution in [1.29, 1.82) is 0 Å². The number of nitrogens with two attached hydrogens (primary N) is 1. The fourth-order valence-corrected chi connectivity index (χ4v) is 2.11. The molecular formula is C16H37N3O. The summed E-state index contributed by atoms with van der Waals surface area (Å²) in [4.78, 5) is 4.66. The minimum absolute atomic E-state index is 0.772. The molecule has 0 atom stereocenters. The molecule has 4 nitrogen and oxygen atoms in total. The van der Waals surface area contributed by atoms with Crippen LogP contribution in [0, 0.1) is 0 Å². The first-order chi connectivity index (χ1) is 9.70. The summed E-state index contributed by atoms with van der Waals surface area (Å²) in [5.74, 6) is 0. The maximum atomic E-state index is 5.69. The molecule has 2 N–H and O–H groups in total. The average Bonchev–Trinajstić information content (AvgIpc) is 2.44. The van der Waals surface area contributed by atoms with Gasteiger partial charge in [-0.15, -0.1) is 0 Å². The van der Waals surface area contributed by atoms with E-state index < -0.39 is 0 Å². The summed E-state index contributed by atoms with van der Waals surface area (Å²) in [6, 6.07) is 0. The Labute approximate surface area is 126 Å². The first kappa shape index (κ1) is 19.8. The van der Waals surface area contributed by atoms with Crippen LogP contribution in [0.2, 0.25) is 0 Å². The van der Waals surface area contributed by atoms with Crippen LogP contribution in [-0.4, -0.2) is 69.8 Å². The summed E-state index contributed by atoms with van der Waals surface area (Å²) < 4.78 is 5.69. The van der Waals surface area contributed by atoms with E-state index in [2.05, 4.69) is 30.8 Å². The number of hydrogen-bond acceptors (Lipinski definition) is 4. The van der Waals surface area contributed by atoms with Gasteiger partial charge < -0.3 is 20.3 Å². The van der Waals surface area contributed by atoms with Crippen molar-refractivity contribution in [2.45, 2.75) is 45.4 Å². The van der Waals surface area contributed by atoms with Crippen LogP contribution in [0.4, 0.5) is 0 Å². The van der Waals surface area contributed by atoms with Crippen LogP contribution in [0.3, 0.4) is 0 Å². The van der Waals surface area contributed by atoms with E-state index in [0.717, 1.165) is 45.8 Å². The summed E-state index contributed by atoms with van der Waals surface area (Å²) >= 11 is 0. The van der Waals surface area contributed by atoms with E-state index in [1.165, 1.54) is 38.6 Å². The maximum absolute atomic E-state index is 5.69. The van der Waals surface area contributed by atoms with Gasteiger partial charge in [0.15, 0.2) is 0 Å².